The minimum atomic E-state index is -0.464. The van der Waals surface area contributed by atoms with Gasteiger partial charge in [-0.3, -0.25) is 0 Å². The third-order valence-electron chi connectivity index (χ3n) is 10.7. The molecule has 0 saturated heterocycles. The molecule has 9 aromatic rings. The maximum absolute atomic E-state index is 2.52. The predicted molar refractivity (Wildman–Crippen MR) is 207 cm³/mol. The van der Waals surface area contributed by atoms with Crippen molar-refractivity contribution in [2.24, 2.45) is 0 Å². The molecule has 0 saturated carbocycles. The van der Waals surface area contributed by atoms with Crippen LogP contribution in [-0.2, 0) is 5.41 Å². The lowest BCUT2D eigenvalue weighted by Gasteiger charge is -2.34. The second-order valence-corrected chi connectivity index (χ2v) is 13.2. The van der Waals surface area contributed by atoms with E-state index in [1.807, 2.05) is 0 Å². The average Bonchev–Trinajstić information content (AvgIpc) is 3.49. The average molecular weight is 621 g/mol. The normalized spacial score (nSPS) is 13.1. The van der Waals surface area contributed by atoms with E-state index in [1.165, 1.54) is 88.0 Å². The van der Waals surface area contributed by atoms with Crippen molar-refractivity contribution in [1.29, 1.82) is 0 Å². The lowest BCUT2D eigenvalue weighted by Crippen LogP contribution is -2.28. The molecule has 0 amide bonds. The van der Waals surface area contributed by atoms with Crippen LogP contribution in [0.4, 0.5) is 0 Å². The molecule has 1 aliphatic rings. The van der Waals surface area contributed by atoms with E-state index in [4.69, 9.17) is 0 Å². The Balaban J connectivity index is 1.31. The number of fused-ring (bicyclic) bond motifs is 7. The van der Waals surface area contributed by atoms with E-state index in [0.29, 0.717) is 0 Å². The molecule has 0 unspecified atom stereocenters. The van der Waals surface area contributed by atoms with Crippen LogP contribution >= 0.6 is 0 Å². The first-order valence-corrected chi connectivity index (χ1v) is 17.1. The van der Waals surface area contributed by atoms with Gasteiger partial charge in [-0.05, 0) is 100 Å². The number of hydrogen-bond donors (Lipinski definition) is 0. The Hall–Kier alpha value is -6.24. The van der Waals surface area contributed by atoms with Crippen molar-refractivity contribution in [3.63, 3.8) is 0 Å². The topological polar surface area (TPSA) is 0 Å². The highest BCUT2D eigenvalue weighted by molar-refractivity contribution is 6.14. The first-order chi connectivity index (χ1) is 24.3. The second kappa shape index (κ2) is 10.9. The van der Waals surface area contributed by atoms with Crippen molar-refractivity contribution in [1.82, 2.24) is 0 Å². The highest BCUT2D eigenvalue weighted by atomic mass is 14.5. The molecular weight excluding hydrogens is 589 g/mol. The van der Waals surface area contributed by atoms with Crippen LogP contribution in [0.3, 0.4) is 0 Å². The molecule has 0 radical (unpaired) electrons. The van der Waals surface area contributed by atoms with E-state index < -0.39 is 5.41 Å². The fraction of sp³-hybridized carbons (Fsp3) is 0.0204. The number of hydrogen-bond acceptors (Lipinski definition) is 0. The maximum Gasteiger partial charge on any atom is 0.0714 e. The Labute approximate surface area is 286 Å². The summed E-state index contributed by atoms with van der Waals surface area (Å²) in [4.78, 5) is 0. The zero-order chi connectivity index (χ0) is 32.4. The van der Waals surface area contributed by atoms with Crippen molar-refractivity contribution in [3.05, 3.63) is 216 Å². The van der Waals surface area contributed by atoms with Crippen LogP contribution in [0.1, 0.15) is 22.3 Å². The van der Waals surface area contributed by atoms with Crippen molar-refractivity contribution < 1.29 is 0 Å². The van der Waals surface area contributed by atoms with Crippen molar-refractivity contribution in [2.75, 3.05) is 0 Å². The summed E-state index contributed by atoms with van der Waals surface area (Å²) in [5, 5.41) is 7.61. The smallest absolute Gasteiger partial charge is 0.0622 e. The molecule has 0 nitrogen and oxygen atoms in total. The minimum absolute atomic E-state index is 0.464. The minimum Gasteiger partial charge on any atom is -0.0622 e. The largest absolute Gasteiger partial charge is 0.0714 e. The summed E-state index contributed by atoms with van der Waals surface area (Å²) in [5.74, 6) is 0. The molecule has 0 spiro atoms. The molecule has 0 heterocycles. The van der Waals surface area contributed by atoms with Crippen LogP contribution in [0.25, 0.3) is 65.7 Å². The van der Waals surface area contributed by atoms with Gasteiger partial charge in [0, 0.05) is 0 Å². The van der Waals surface area contributed by atoms with Crippen molar-refractivity contribution in [3.8, 4) is 33.4 Å². The van der Waals surface area contributed by atoms with Gasteiger partial charge in [0.1, 0.15) is 0 Å². The summed E-state index contributed by atoms with van der Waals surface area (Å²) in [7, 11) is 0. The quantitative estimate of drug-likeness (QED) is 0.184. The molecule has 0 aliphatic heterocycles. The Kier molecular flexibility index (Phi) is 6.19. The Morgan fingerprint density at radius 1 is 0.286 bits per heavy atom. The van der Waals surface area contributed by atoms with Gasteiger partial charge in [-0.1, -0.05) is 182 Å². The molecule has 49 heavy (non-hydrogen) atoms. The van der Waals surface area contributed by atoms with Crippen molar-refractivity contribution >= 4 is 32.3 Å². The van der Waals surface area contributed by atoms with Gasteiger partial charge in [-0.25, -0.2) is 0 Å². The summed E-state index contributed by atoms with van der Waals surface area (Å²) in [6, 6.07) is 71.9. The Bertz CT molecular complexity index is 2660. The molecule has 0 atom stereocenters. The van der Waals surface area contributed by atoms with Crippen LogP contribution in [0.15, 0.2) is 194 Å². The zero-order valence-corrected chi connectivity index (χ0v) is 27.0. The summed E-state index contributed by atoms with van der Waals surface area (Å²) in [5.41, 5.74) is 12.4. The zero-order valence-electron chi connectivity index (χ0n) is 27.0. The van der Waals surface area contributed by atoms with Crippen LogP contribution in [-0.4, -0.2) is 0 Å². The maximum atomic E-state index is 2.52. The Morgan fingerprint density at radius 3 is 1.53 bits per heavy atom. The van der Waals surface area contributed by atoms with E-state index in [9.17, 15) is 0 Å². The van der Waals surface area contributed by atoms with E-state index in [-0.39, 0.29) is 0 Å². The van der Waals surface area contributed by atoms with Gasteiger partial charge in [0.2, 0.25) is 0 Å². The SMILES string of the molecule is c1ccc(C2(c3ccccc3)c3ccccc3-c3c2cc(-c2ccc(-c4ccc5ccccc5c4)c4ccccc24)c2ccccc32)cc1. The summed E-state index contributed by atoms with van der Waals surface area (Å²) >= 11 is 0. The molecule has 0 fully saturated rings. The van der Waals surface area contributed by atoms with Gasteiger partial charge >= 0.3 is 0 Å². The van der Waals surface area contributed by atoms with Crippen LogP contribution in [0.5, 0.6) is 0 Å². The van der Waals surface area contributed by atoms with E-state index in [0.717, 1.165) is 0 Å². The Morgan fingerprint density at radius 2 is 0.816 bits per heavy atom. The van der Waals surface area contributed by atoms with Gasteiger partial charge in [0.25, 0.3) is 0 Å². The lowest BCUT2D eigenvalue weighted by atomic mass is 9.67. The molecule has 10 rings (SSSR count). The molecule has 0 aromatic heterocycles. The van der Waals surface area contributed by atoms with Gasteiger partial charge in [0.15, 0.2) is 0 Å². The highest BCUT2D eigenvalue weighted by Gasteiger charge is 2.47. The van der Waals surface area contributed by atoms with Gasteiger partial charge in [-0.15, -0.1) is 0 Å². The monoisotopic (exact) mass is 620 g/mol. The van der Waals surface area contributed by atoms with Crippen LogP contribution in [0, 0.1) is 0 Å². The standard InChI is InChI=1S/C49H32/c1-3-17-36(18-4-1)49(37-19-5-2-6-20-37)46-26-14-13-25-44(46)48-43-24-12-11-23-41(43)45(32-47(48)49)42-30-29-38(39-21-9-10-22-40(39)42)35-28-27-33-15-7-8-16-34(33)31-35/h1-32H. The molecule has 0 bridgehead atoms. The summed E-state index contributed by atoms with van der Waals surface area (Å²) in [6.45, 7) is 0. The third-order valence-corrected chi connectivity index (χ3v) is 10.7. The molecular formula is C49H32. The van der Waals surface area contributed by atoms with E-state index >= 15 is 0 Å². The summed E-state index contributed by atoms with van der Waals surface area (Å²) in [6.07, 6.45) is 0. The van der Waals surface area contributed by atoms with E-state index in [1.54, 1.807) is 0 Å². The fourth-order valence-corrected chi connectivity index (χ4v) is 8.66. The van der Waals surface area contributed by atoms with Gasteiger partial charge in [-0.2, -0.15) is 0 Å². The lowest BCUT2D eigenvalue weighted by molar-refractivity contribution is 0.769. The highest BCUT2D eigenvalue weighted by Crippen LogP contribution is 2.59. The molecule has 1 aliphatic carbocycles. The molecule has 0 heteroatoms. The first-order valence-electron chi connectivity index (χ1n) is 17.1. The third kappa shape index (κ3) is 4.04. The van der Waals surface area contributed by atoms with Crippen molar-refractivity contribution in [2.45, 2.75) is 5.41 Å². The fourth-order valence-electron chi connectivity index (χ4n) is 8.66. The molecule has 9 aromatic carbocycles. The van der Waals surface area contributed by atoms with E-state index in [2.05, 4.69) is 194 Å². The number of benzene rings is 9. The molecule has 0 N–H and O–H groups in total. The van der Waals surface area contributed by atoms with Gasteiger partial charge in [0.05, 0.1) is 5.41 Å². The van der Waals surface area contributed by atoms with Crippen LogP contribution < -0.4 is 0 Å². The summed E-state index contributed by atoms with van der Waals surface area (Å²) < 4.78 is 0. The first kappa shape index (κ1) is 27.8. The van der Waals surface area contributed by atoms with Crippen LogP contribution in [0.2, 0.25) is 0 Å². The number of rotatable bonds is 4. The second-order valence-electron chi connectivity index (χ2n) is 13.2. The molecule has 228 valence electrons. The van der Waals surface area contributed by atoms with Gasteiger partial charge < -0.3 is 0 Å². The predicted octanol–water partition coefficient (Wildman–Crippen LogP) is 12.8.